The number of hydrogen-bond donors (Lipinski definition) is 0. The van der Waals surface area contributed by atoms with Crippen molar-refractivity contribution in [2.24, 2.45) is 10.8 Å². The minimum atomic E-state index is -0.634. The van der Waals surface area contributed by atoms with Gasteiger partial charge in [0.15, 0.2) is 0 Å². The van der Waals surface area contributed by atoms with Crippen LogP contribution in [-0.2, 0) is 19.1 Å². The molecule has 4 nitrogen and oxygen atoms in total. The molecule has 0 aromatic heterocycles. The smallest absolute Gasteiger partial charge is 0.306 e. The van der Waals surface area contributed by atoms with Crippen LogP contribution >= 0.6 is 0 Å². The van der Waals surface area contributed by atoms with Crippen LogP contribution in [0.25, 0.3) is 0 Å². The van der Waals surface area contributed by atoms with Gasteiger partial charge < -0.3 is 9.47 Å². The molecule has 0 aliphatic carbocycles. The number of hydrogen-bond acceptors (Lipinski definition) is 4. The van der Waals surface area contributed by atoms with Crippen LogP contribution in [0.3, 0.4) is 0 Å². The number of carbonyl (C=O) groups excluding carboxylic acids is 2. The van der Waals surface area contributed by atoms with Crippen molar-refractivity contribution in [3.8, 4) is 0 Å². The molecule has 0 saturated heterocycles. The molecular formula is C22H44O4. The van der Waals surface area contributed by atoms with Gasteiger partial charge in [-0.15, -0.1) is 0 Å². The number of ether oxygens (including phenoxy) is 2. The van der Waals surface area contributed by atoms with Crippen molar-refractivity contribution in [2.45, 2.75) is 120 Å². The van der Waals surface area contributed by atoms with Gasteiger partial charge in [0, 0.05) is 19.3 Å². The van der Waals surface area contributed by atoms with E-state index in [0.29, 0.717) is 30.1 Å². The zero-order valence-corrected chi connectivity index (χ0v) is 19.5. The van der Waals surface area contributed by atoms with E-state index in [-0.39, 0.29) is 11.9 Å². The van der Waals surface area contributed by atoms with Gasteiger partial charge >= 0.3 is 11.9 Å². The molecular weight excluding hydrogens is 328 g/mol. The second kappa shape index (κ2) is 10.3. The standard InChI is InChI=1S/C13H24O4.C9H20/c1-7-10(14)16-12(3,4)9-13(5,6)17-11(15)8-2;1-8(2,3)7-9(4,5)6/h7-9H2,1-6H3;7H2,1-6H3. The average molecular weight is 373 g/mol. The van der Waals surface area contributed by atoms with Gasteiger partial charge in [0.2, 0.25) is 0 Å². The van der Waals surface area contributed by atoms with E-state index in [1.165, 1.54) is 6.42 Å². The van der Waals surface area contributed by atoms with Gasteiger partial charge in [0.1, 0.15) is 11.2 Å². The lowest BCUT2D eigenvalue weighted by Gasteiger charge is -2.34. The zero-order valence-electron chi connectivity index (χ0n) is 19.5. The summed E-state index contributed by atoms with van der Waals surface area (Å²) in [5.74, 6) is -0.486. The summed E-state index contributed by atoms with van der Waals surface area (Å²) < 4.78 is 10.6. The monoisotopic (exact) mass is 372 g/mol. The molecule has 0 rings (SSSR count). The highest BCUT2D eigenvalue weighted by atomic mass is 16.6. The Hall–Kier alpha value is -1.06. The summed E-state index contributed by atoms with van der Waals surface area (Å²) >= 11 is 0. The van der Waals surface area contributed by atoms with E-state index in [0.717, 1.165) is 0 Å². The van der Waals surface area contributed by atoms with Crippen molar-refractivity contribution in [2.75, 3.05) is 0 Å². The third-order valence-corrected chi connectivity index (χ3v) is 3.27. The lowest BCUT2D eigenvalue weighted by molar-refractivity contribution is -0.169. The molecule has 0 spiro atoms. The lowest BCUT2D eigenvalue weighted by atomic mass is 9.78. The van der Waals surface area contributed by atoms with E-state index < -0.39 is 11.2 Å². The lowest BCUT2D eigenvalue weighted by Crippen LogP contribution is -2.39. The third kappa shape index (κ3) is 17.8. The zero-order chi connectivity index (χ0) is 21.4. The predicted molar refractivity (Wildman–Crippen MR) is 109 cm³/mol. The quantitative estimate of drug-likeness (QED) is 0.513. The van der Waals surface area contributed by atoms with E-state index in [4.69, 9.17) is 9.47 Å². The maximum absolute atomic E-state index is 11.3. The van der Waals surface area contributed by atoms with E-state index >= 15 is 0 Å². The molecule has 0 saturated carbocycles. The Kier molecular flexibility index (Phi) is 10.8. The molecule has 0 N–H and O–H groups in total. The molecule has 0 fully saturated rings. The Morgan fingerprint density at radius 2 is 0.846 bits per heavy atom. The van der Waals surface area contributed by atoms with Crippen molar-refractivity contribution < 1.29 is 19.1 Å². The molecule has 4 heteroatoms. The molecule has 26 heavy (non-hydrogen) atoms. The summed E-state index contributed by atoms with van der Waals surface area (Å²) in [6, 6.07) is 0. The van der Waals surface area contributed by atoms with Crippen molar-refractivity contribution in [3.63, 3.8) is 0 Å². The Bertz CT molecular complexity index is 394. The summed E-state index contributed by atoms with van der Waals surface area (Å²) in [4.78, 5) is 22.5. The van der Waals surface area contributed by atoms with Crippen LogP contribution in [0, 0.1) is 10.8 Å². The first-order valence-electron chi connectivity index (χ1n) is 9.76. The van der Waals surface area contributed by atoms with E-state index in [1.807, 2.05) is 27.7 Å². The van der Waals surface area contributed by atoms with E-state index in [1.54, 1.807) is 13.8 Å². The molecule has 0 aromatic rings. The first-order valence-corrected chi connectivity index (χ1v) is 9.76. The number of rotatable bonds is 6. The van der Waals surface area contributed by atoms with Gasteiger partial charge in [-0.1, -0.05) is 55.4 Å². The van der Waals surface area contributed by atoms with Crippen molar-refractivity contribution >= 4 is 11.9 Å². The molecule has 0 radical (unpaired) electrons. The summed E-state index contributed by atoms with van der Waals surface area (Å²) in [6.07, 6.45) is 2.45. The molecule has 0 aromatic carbocycles. The van der Waals surface area contributed by atoms with Crippen LogP contribution in [0.15, 0.2) is 0 Å². The second-order valence-corrected chi connectivity index (χ2v) is 10.6. The minimum Gasteiger partial charge on any atom is -0.459 e. The second-order valence-electron chi connectivity index (χ2n) is 10.6. The normalized spacial score (nSPS) is 12.8. The van der Waals surface area contributed by atoms with Crippen molar-refractivity contribution in [3.05, 3.63) is 0 Å². The molecule has 0 unspecified atom stereocenters. The SMILES string of the molecule is CC(C)(C)CC(C)(C)C.CCC(=O)OC(C)(C)CC(C)(C)OC(=O)CC. The fourth-order valence-corrected chi connectivity index (χ4v) is 3.45. The summed E-state index contributed by atoms with van der Waals surface area (Å²) in [6.45, 7) is 24.5. The number of carbonyl (C=O) groups is 2. The topological polar surface area (TPSA) is 52.6 Å². The maximum Gasteiger partial charge on any atom is 0.306 e. The Morgan fingerprint density at radius 1 is 0.577 bits per heavy atom. The van der Waals surface area contributed by atoms with Gasteiger partial charge in [0.05, 0.1) is 0 Å². The average Bonchev–Trinajstić information content (AvgIpc) is 2.31. The third-order valence-electron chi connectivity index (χ3n) is 3.27. The Morgan fingerprint density at radius 3 is 1.00 bits per heavy atom. The first-order chi connectivity index (χ1) is 11.3. The van der Waals surface area contributed by atoms with Crippen molar-refractivity contribution in [1.29, 1.82) is 0 Å². The summed E-state index contributed by atoms with van der Waals surface area (Å²) in [5, 5.41) is 0. The molecule has 156 valence electrons. The minimum absolute atomic E-state index is 0.243. The largest absolute Gasteiger partial charge is 0.459 e. The highest BCUT2D eigenvalue weighted by molar-refractivity contribution is 5.70. The molecule has 0 atom stereocenters. The highest BCUT2D eigenvalue weighted by Gasteiger charge is 2.34. The first kappa shape index (κ1) is 27.2. The molecule has 0 aliphatic heterocycles. The van der Waals surface area contributed by atoms with Crippen molar-refractivity contribution in [1.82, 2.24) is 0 Å². The summed E-state index contributed by atoms with van der Waals surface area (Å²) in [5.41, 5.74) is -0.300. The maximum atomic E-state index is 11.3. The summed E-state index contributed by atoms with van der Waals surface area (Å²) in [7, 11) is 0. The van der Waals surface area contributed by atoms with Crippen LogP contribution < -0.4 is 0 Å². The van der Waals surface area contributed by atoms with Crippen LogP contribution in [0.2, 0.25) is 0 Å². The van der Waals surface area contributed by atoms with Crippen LogP contribution in [0.5, 0.6) is 0 Å². The molecule has 0 heterocycles. The fraction of sp³-hybridized carbons (Fsp3) is 0.909. The van der Waals surface area contributed by atoms with Gasteiger partial charge in [-0.2, -0.15) is 0 Å². The van der Waals surface area contributed by atoms with Crippen LogP contribution in [0.1, 0.15) is 109 Å². The van der Waals surface area contributed by atoms with Gasteiger partial charge in [-0.3, -0.25) is 9.59 Å². The Balaban J connectivity index is 0. The highest BCUT2D eigenvalue weighted by Crippen LogP contribution is 2.32. The predicted octanol–water partition coefficient (Wildman–Crippen LogP) is 6.31. The van der Waals surface area contributed by atoms with E-state index in [2.05, 4.69) is 41.5 Å². The van der Waals surface area contributed by atoms with Gasteiger partial charge in [-0.25, -0.2) is 0 Å². The van der Waals surface area contributed by atoms with Crippen LogP contribution in [-0.4, -0.2) is 23.1 Å². The molecule has 0 amide bonds. The molecule has 0 bridgehead atoms. The number of esters is 2. The fourth-order valence-electron chi connectivity index (χ4n) is 3.45. The molecule has 0 aliphatic rings. The van der Waals surface area contributed by atoms with Crippen LogP contribution in [0.4, 0.5) is 0 Å². The van der Waals surface area contributed by atoms with E-state index in [9.17, 15) is 9.59 Å². The van der Waals surface area contributed by atoms with Gasteiger partial charge in [-0.05, 0) is 44.9 Å². The van der Waals surface area contributed by atoms with Gasteiger partial charge in [0.25, 0.3) is 0 Å². The Labute approximate surface area is 162 Å².